The lowest BCUT2D eigenvalue weighted by Crippen LogP contribution is -2.46. The molecule has 0 unspecified atom stereocenters. The predicted molar refractivity (Wildman–Crippen MR) is 85.2 cm³/mol. The van der Waals surface area contributed by atoms with Crippen LogP contribution in [0.3, 0.4) is 0 Å². The molecule has 0 saturated carbocycles. The van der Waals surface area contributed by atoms with E-state index in [1.54, 1.807) is 4.90 Å². The fraction of sp³-hybridized carbons (Fsp3) is 0.412. The van der Waals surface area contributed by atoms with E-state index < -0.39 is 12.1 Å². The molecule has 1 atom stereocenters. The number of carboxylic acid groups (broad SMARTS) is 1. The Morgan fingerprint density at radius 1 is 1.35 bits per heavy atom. The number of H-pyrrole nitrogens is 1. The maximum absolute atomic E-state index is 12.4. The van der Waals surface area contributed by atoms with E-state index in [0.29, 0.717) is 32.5 Å². The van der Waals surface area contributed by atoms with Gasteiger partial charge in [-0.2, -0.15) is 0 Å². The van der Waals surface area contributed by atoms with Crippen molar-refractivity contribution in [1.29, 1.82) is 0 Å². The Hall–Kier alpha value is -2.34. The monoisotopic (exact) mass is 316 g/mol. The van der Waals surface area contributed by atoms with Gasteiger partial charge in [0, 0.05) is 36.6 Å². The zero-order valence-electron chi connectivity index (χ0n) is 12.8. The number of carbonyl (C=O) groups excluding carboxylic acids is 1. The summed E-state index contributed by atoms with van der Waals surface area (Å²) in [4.78, 5) is 28.1. The second kappa shape index (κ2) is 6.83. The third kappa shape index (κ3) is 3.71. The van der Waals surface area contributed by atoms with E-state index >= 15 is 0 Å². The molecule has 0 radical (unpaired) electrons. The summed E-state index contributed by atoms with van der Waals surface area (Å²) in [5, 5.41) is 9.98. The van der Waals surface area contributed by atoms with Crippen molar-refractivity contribution in [2.24, 2.45) is 0 Å². The second-order valence-corrected chi connectivity index (χ2v) is 5.79. The summed E-state index contributed by atoms with van der Waals surface area (Å²) in [5.41, 5.74) is 2.20. The molecule has 1 amide bonds. The quantitative estimate of drug-likeness (QED) is 0.881. The number of aliphatic carboxylic acids is 1. The van der Waals surface area contributed by atoms with Crippen molar-refractivity contribution in [1.82, 2.24) is 9.88 Å². The van der Waals surface area contributed by atoms with Gasteiger partial charge in [-0.25, -0.2) is 0 Å². The molecule has 1 aliphatic rings. The molecular formula is C17H20N2O4. The number of aryl methyl sites for hydroxylation is 1. The van der Waals surface area contributed by atoms with Gasteiger partial charge >= 0.3 is 5.97 Å². The summed E-state index contributed by atoms with van der Waals surface area (Å²) >= 11 is 0. The summed E-state index contributed by atoms with van der Waals surface area (Å²) in [6.07, 6.45) is 2.57. The Bertz CT molecular complexity index is 709. The number of aromatic nitrogens is 1. The van der Waals surface area contributed by atoms with Crippen molar-refractivity contribution < 1.29 is 19.4 Å². The van der Waals surface area contributed by atoms with E-state index in [4.69, 9.17) is 9.84 Å². The van der Waals surface area contributed by atoms with E-state index in [2.05, 4.69) is 4.98 Å². The molecule has 1 aromatic heterocycles. The minimum Gasteiger partial charge on any atom is -0.481 e. The molecule has 2 N–H and O–H groups in total. The van der Waals surface area contributed by atoms with Crippen LogP contribution in [0.15, 0.2) is 30.5 Å². The molecule has 1 aliphatic heterocycles. The van der Waals surface area contributed by atoms with Crippen molar-refractivity contribution in [3.63, 3.8) is 0 Å². The molecule has 6 nitrogen and oxygen atoms in total. The smallest absolute Gasteiger partial charge is 0.306 e. The number of benzene rings is 1. The topological polar surface area (TPSA) is 82.6 Å². The number of aromatic amines is 1. The summed E-state index contributed by atoms with van der Waals surface area (Å²) in [7, 11) is 0. The fourth-order valence-corrected chi connectivity index (χ4v) is 3.00. The highest BCUT2D eigenvalue weighted by molar-refractivity contribution is 5.84. The van der Waals surface area contributed by atoms with Crippen LogP contribution in [0.2, 0.25) is 0 Å². The van der Waals surface area contributed by atoms with Gasteiger partial charge in [-0.3, -0.25) is 9.59 Å². The Morgan fingerprint density at radius 2 is 2.17 bits per heavy atom. The molecule has 1 fully saturated rings. The Balaban J connectivity index is 1.57. The van der Waals surface area contributed by atoms with Crippen LogP contribution < -0.4 is 0 Å². The number of rotatable bonds is 5. The first-order valence-electron chi connectivity index (χ1n) is 7.79. The highest BCUT2D eigenvalue weighted by Gasteiger charge is 2.25. The Kier molecular flexibility index (Phi) is 4.62. The Morgan fingerprint density at radius 3 is 3.00 bits per heavy atom. The van der Waals surface area contributed by atoms with E-state index in [0.717, 1.165) is 16.5 Å². The minimum atomic E-state index is -0.900. The fourth-order valence-electron chi connectivity index (χ4n) is 3.00. The molecule has 1 saturated heterocycles. The van der Waals surface area contributed by atoms with Gasteiger partial charge in [0.25, 0.3) is 0 Å². The highest BCUT2D eigenvalue weighted by atomic mass is 16.5. The average molecular weight is 316 g/mol. The van der Waals surface area contributed by atoms with Crippen LogP contribution in [-0.4, -0.2) is 52.7 Å². The van der Waals surface area contributed by atoms with Crippen LogP contribution in [0.5, 0.6) is 0 Å². The van der Waals surface area contributed by atoms with Crippen LogP contribution >= 0.6 is 0 Å². The first-order chi connectivity index (χ1) is 11.1. The van der Waals surface area contributed by atoms with Crippen molar-refractivity contribution in [2.45, 2.75) is 25.4 Å². The first-order valence-corrected chi connectivity index (χ1v) is 7.79. The van der Waals surface area contributed by atoms with E-state index in [-0.39, 0.29) is 12.3 Å². The lowest BCUT2D eigenvalue weighted by Gasteiger charge is -2.32. The number of hydrogen-bond donors (Lipinski definition) is 2. The van der Waals surface area contributed by atoms with Crippen molar-refractivity contribution >= 4 is 22.8 Å². The van der Waals surface area contributed by atoms with E-state index in [1.807, 2.05) is 30.5 Å². The number of hydrogen-bond acceptors (Lipinski definition) is 3. The maximum Gasteiger partial charge on any atom is 0.306 e. The molecule has 1 aromatic carbocycles. The summed E-state index contributed by atoms with van der Waals surface area (Å²) < 4.78 is 5.40. The number of amides is 1. The molecule has 23 heavy (non-hydrogen) atoms. The van der Waals surface area contributed by atoms with Gasteiger partial charge in [-0.1, -0.05) is 18.2 Å². The predicted octanol–water partition coefficient (Wildman–Crippen LogP) is 1.80. The molecule has 122 valence electrons. The van der Waals surface area contributed by atoms with E-state index in [1.165, 1.54) is 0 Å². The summed E-state index contributed by atoms with van der Waals surface area (Å²) in [6, 6.07) is 8.02. The number of carboxylic acids is 1. The molecule has 0 bridgehead atoms. The SMILES string of the molecule is O=C(O)C[C@@H]1CN(C(=O)CCc2c[nH]c3ccccc23)CCO1. The van der Waals surface area contributed by atoms with Gasteiger partial charge in [0.15, 0.2) is 0 Å². The van der Waals surface area contributed by atoms with Gasteiger partial charge in [0.05, 0.1) is 19.1 Å². The molecule has 0 spiro atoms. The van der Waals surface area contributed by atoms with Crippen molar-refractivity contribution in [2.75, 3.05) is 19.7 Å². The number of ether oxygens (including phenoxy) is 1. The molecule has 6 heteroatoms. The summed E-state index contributed by atoms with van der Waals surface area (Å²) in [6.45, 7) is 1.29. The van der Waals surface area contributed by atoms with Gasteiger partial charge in [0.2, 0.25) is 5.91 Å². The van der Waals surface area contributed by atoms with Crippen molar-refractivity contribution in [3.05, 3.63) is 36.0 Å². The normalized spacial score (nSPS) is 18.3. The van der Waals surface area contributed by atoms with Gasteiger partial charge in [0.1, 0.15) is 0 Å². The maximum atomic E-state index is 12.4. The number of nitrogens with zero attached hydrogens (tertiary/aromatic N) is 1. The molecule has 2 heterocycles. The zero-order chi connectivity index (χ0) is 16.2. The average Bonchev–Trinajstić information content (AvgIpc) is 2.95. The van der Waals surface area contributed by atoms with Crippen LogP contribution in [0, 0.1) is 0 Å². The van der Waals surface area contributed by atoms with Gasteiger partial charge < -0.3 is 19.7 Å². The largest absolute Gasteiger partial charge is 0.481 e. The lowest BCUT2D eigenvalue weighted by molar-refractivity contribution is -0.147. The van der Waals surface area contributed by atoms with Gasteiger partial charge in [-0.05, 0) is 18.1 Å². The number of carbonyl (C=O) groups is 2. The molecule has 3 rings (SSSR count). The van der Waals surface area contributed by atoms with Crippen LogP contribution in [-0.2, 0) is 20.7 Å². The summed E-state index contributed by atoms with van der Waals surface area (Å²) in [5.74, 6) is -0.850. The number of morpholine rings is 1. The second-order valence-electron chi connectivity index (χ2n) is 5.79. The third-order valence-electron chi connectivity index (χ3n) is 4.18. The van der Waals surface area contributed by atoms with Crippen LogP contribution in [0.25, 0.3) is 10.9 Å². The van der Waals surface area contributed by atoms with Gasteiger partial charge in [-0.15, -0.1) is 0 Å². The number of fused-ring (bicyclic) bond motifs is 1. The van der Waals surface area contributed by atoms with Crippen LogP contribution in [0.4, 0.5) is 0 Å². The third-order valence-corrected chi connectivity index (χ3v) is 4.18. The zero-order valence-corrected chi connectivity index (χ0v) is 12.8. The molecule has 2 aromatic rings. The van der Waals surface area contributed by atoms with E-state index in [9.17, 15) is 9.59 Å². The lowest BCUT2D eigenvalue weighted by atomic mass is 10.1. The first kappa shape index (κ1) is 15.6. The Labute approximate surface area is 134 Å². The molecule has 0 aliphatic carbocycles. The molecular weight excluding hydrogens is 296 g/mol. The highest BCUT2D eigenvalue weighted by Crippen LogP contribution is 2.19. The van der Waals surface area contributed by atoms with Crippen molar-refractivity contribution in [3.8, 4) is 0 Å². The van der Waals surface area contributed by atoms with Crippen LogP contribution in [0.1, 0.15) is 18.4 Å². The number of para-hydroxylation sites is 1. The number of nitrogens with one attached hydrogen (secondary N) is 1. The standard InChI is InChI=1S/C17H20N2O4/c20-16(19-7-8-23-13(11-19)9-17(21)22)6-5-12-10-18-15-4-2-1-3-14(12)15/h1-4,10,13,18H,5-9,11H2,(H,21,22)/t13-/m1/s1. The minimum absolute atomic E-state index is 0.0500.